The zero-order valence-corrected chi connectivity index (χ0v) is 13.0. The highest BCUT2D eigenvalue weighted by atomic mass is 15.3. The number of nitrogens with zero attached hydrogens (tertiary/aromatic N) is 4. The molecule has 1 unspecified atom stereocenters. The monoisotopic (exact) mass is 309 g/mol. The van der Waals surface area contributed by atoms with Crippen LogP contribution in [0.25, 0.3) is 17.0 Å². The molecule has 0 bridgehead atoms. The summed E-state index contributed by atoms with van der Waals surface area (Å²) in [5.74, 6) is 1.68. The van der Waals surface area contributed by atoms with Gasteiger partial charge in [-0.1, -0.05) is 6.07 Å². The quantitative estimate of drug-likeness (QED) is 0.679. The highest BCUT2D eigenvalue weighted by Crippen LogP contribution is 2.21. The number of fused-ring (bicyclic) bond motifs is 1. The minimum Gasteiger partial charge on any atom is -0.372 e. The van der Waals surface area contributed by atoms with Crippen LogP contribution in [0.15, 0.2) is 36.5 Å². The number of imidazole rings is 1. The molecule has 23 heavy (non-hydrogen) atoms. The third-order valence-corrected chi connectivity index (χ3v) is 4.04. The third-order valence-electron chi connectivity index (χ3n) is 4.04. The standard InChI is InChI=1S/C16H19N7/c1-17-14-5-6-16-19-10-13(23(16)22-14)12-3-2-4-15(21-12)20-11-7-8-18-9-11/h2-6,10-11,18H,7-9H2,1H3,(H,17,22)(H,20,21). The van der Waals surface area contributed by atoms with Gasteiger partial charge in [0, 0.05) is 19.6 Å². The molecule has 1 aliphatic heterocycles. The van der Waals surface area contributed by atoms with Crippen molar-refractivity contribution in [2.75, 3.05) is 30.8 Å². The zero-order chi connectivity index (χ0) is 15.6. The normalized spacial score (nSPS) is 17.5. The molecule has 0 spiro atoms. The number of nitrogens with one attached hydrogen (secondary N) is 3. The molecule has 118 valence electrons. The molecule has 3 aromatic heterocycles. The van der Waals surface area contributed by atoms with E-state index in [9.17, 15) is 0 Å². The second-order valence-electron chi connectivity index (χ2n) is 5.62. The summed E-state index contributed by atoms with van der Waals surface area (Å²) in [5.41, 5.74) is 2.54. The van der Waals surface area contributed by atoms with Crippen LogP contribution in [0.3, 0.4) is 0 Å². The summed E-state index contributed by atoms with van der Waals surface area (Å²) in [6.07, 6.45) is 2.93. The topological polar surface area (TPSA) is 79.2 Å². The molecule has 1 saturated heterocycles. The smallest absolute Gasteiger partial charge is 0.154 e. The Kier molecular flexibility index (Phi) is 3.55. The SMILES string of the molecule is CNc1ccc2ncc(-c3cccc(NC4CCNC4)n3)n2n1. The first-order valence-corrected chi connectivity index (χ1v) is 7.81. The van der Waals surface area contributed by atoms with Crippen LogP contribution in [-0.4, -0.2) is 45.8 Å². The lowest BCUT2D eigenvalue weighted by Crippen LogP contribution is -2.22. The van der Waals surface area contributed by atoms with Crippen LogP contribution in [0.5, 0.6) is 0 Å². The number of pyridine rings is 1. The molecule has 0 saturated carbocycles. The Morgan fingerprint density at radius 1 is 1.22 bits per heavy atom. The summed E-state index contributed by atoms with van der Waals surface area (Å²) >= 11 is 0. The second kappa shape index (κ2) is 5.85. The number of hydrogen-bond acceptors (Lipinski definition) is 6. The largest absolute Gasteiger partial charge is 0.372 e. The van der Waals surface area contributed by atoms with Crippen LogP contribution in [0.1, 0.15) is 6.42 Å². The number of aromatic nitrogens is 4. The van der Waals surface area contributed by atoms with Gasteiger partial charge in [0.1, 0.15) is 17.3 Å². The van der Waals surface area contributed by atoms with Gasteiger partial charge >= 0.3 is 0 Å². The van der Waals surface area contributed by atoms with E-state index < -0.39 is 0 Å². The molecular formula is C16H19N7. The van der Waals surface area contributed by atoms with Gasteiger partial charge in [-0.2, -0.15) is 0 Å². The minimum atomic E-state index is 0.439. The Hall–Kier alpha value is -2.67. The van der Waals surface area contributed by atoms with Crippen LogP contribution in [-0.2, 0) is 0 Å². The lowest BCUT2D eigenvalue weighted by atomic mass is 10.2. The fourth-order valence-electron chi connectivity index (χ4n) is 2.83. The Labute approximate surface area is 134 Å². The fourth-order valence-corrected chi connectivity index (χ4v) is 2.83. The van der Waals surface area contributed by atoms with Crippen molar-refractivity contribution in [2.24, 2.45) is 0 Å². The van der Waals surface area contributed by atoms with Crippen molar-refractivity contribution in [1.82, 2.24) is 24.9 Å². The van der Waals surface area contributed by atoms with Gasteiger partial charge in [-0.15, -0.1) is 5.10 Å². The molecule has 4 rings (SSSR count). The maximum atomic E-state index is 4.72. The lowest BCUT2D eigenvalue weighted by Gasteiger charge is -2.12. The summed E-state index contributed by atoms with van der Waals surface area (Å²) in [4.78, 5) is 9.13. The van der Waals surface area contributed by atoms with E-state index in [1.165, 1.54) is 0 Å². The van der Waals surface area contributed by atoms with Crippen molar-refractivity contribution >= 4 is 17.3 Å². The summed E-state index contributed by atoms with van der Waals surface area (Å²) in [5, 5.41) is 14.4. The van der Waals surface area contributed by atoms with E-state index in [2.05, 4.69) is 26.0 Å². The van der Waals surface area contributed by atoms with E-state index in [0.29, 0.717) is 6.04 Å². The van der Waals surface area contributed by atoms with Crippen LogP contribution in [0.4, 0.5) is 11.6 Å². The molecule has 0 aliphatic carbocycles. The number of hydrogen-bond donors (Lipinski definition) is 3. The predicted octanol–water partition coefficient (Wildman–Crippen LogP) is 1.61. The molecule has 0 aromatic carbocycles. The van der Waals surface area contributed by atoms with Gasteiger partial charge < -0.3 is 16.0 Å². The van der Waals surface area contributed by atoms with Gasteiger partial charge in [0.15, 0.2) is 5.65 Å². The Morgan fingerprint density at radius 3 is 3.00 bits per heavy atom. The van der Waals surface area contributed by atoms with Crippen molar-refractivity contribution in [3.63, 3.8) is 0 Å². The fraction of sp³-hybridized carbons (Fsp3) is 0.312. The Bertz CT molecular complexity index is 820. The molecule has 7 heteroatoms. The molecule has 1 atom stereocenters. The molecule has 3 N–H and O–H groups in total. The molecule has 0 amide bonds. The number of rotatable bonds is 4. The highest BCUT2D eigenvalue weighted by molar-refractivity contribution is 5.62. The lowest BCUT2D eigenvalue weighted by molar-refractivity contribution is 0.788. The van der Waals surface area contributed by atoms with Crippen molar-refractivity contribution < 1.29 is 0 Å². The molecule has 0 radical (unpaired) electrons. The van der Waals surface area contributed by atoms with Crippen molar-refractivity contribution in [3.05, 3.63) is 36.5 Å². The Morgan fingerprint density at radius 2 is 2.17 bits per heavy atom. The van der Waals surface area contributed by atoms with Crippen LogP contribution in [0, 0.1) is 0 Å². The summed E-state index contributed by atoms with van der Waals surface area (Å²) in [7, 11) is 1.85. The average molecular weight is 309 g/mol. The van der Waals surface area contributed by atoms with Gasteiger partial charge in [-0.25, -0.2) is 14.5 Å². The minimum absolute atomic E-state index is 0.439. The van der Waals surface area contributed by atoms with Gasteiger partial charge in [0.2, 0.25) is 0 Å². The van der Waals surface area contributed by atoms with Crippen LogP contribution >= 0.6 is 0 Å². The first kappa shape index (κ1) is 14.0. The van der Waals surface area contributed by atoms with Crippen LogP contribution in [0.2, 0.25) is 0 Å². The van der Waals surface area contributed by atoms with E-state index in [0.717, 1.165) is 48.2 Å². The maximum absolute atomic E-state index is 4.72. The molecule has 7 nitrogen and oxygen atoms in total. The van der Waals surface area contributed by atoms with E-state index in [1.807, 2.05) is 48.1 Å². The third kappa shape index (κ3) is 2.70. The van der Waals surface area contributed by atoms with Crippen molar-refractivity contribution in [1.29, 1.82) is 0 Å². The number of anilines is 2. The summed E-state index contributed by atoms with van der Waals surface area (Å²) in [6.45, 7) is 2.04. The highest BCUT2D eigenvalue weighted by Gasteiger charge is 2.15. The molecule has 4 heterocycles. The first-order chi connectivity index (χ1) is 11.3. The van der Waals surface area contributed by atoms with E-state index in [1.54, 1.807) is 0 Å². The van der Waals surface area contributed by atoms with Gasteiger partial charge in [-0.3, -0.25) is 0 Å². The first-order valence-electron chi connectivity index (χ1n) is 7.81. The maximum Gasteiger partial charge on any atom is 0.154 e. The Balaban J connectivity index is 1.69. The van der Waals surface area contributed by atoms with Crippen molar-refractivity contribution in [2.45, 2.75) is 12.5 Å². The molecule has 3 aromatic rings. The molecule has 1 fully saturated rings. The second-order valence-corrected chi connectivity index (χ2v) is 5.62. The zero-order valence-electron chi connectivity index (χ0n) is 13.0. The van der Waals surface area contributed by atoms with Gasteiger partial charge in [0.25, 0.3) is 0 Å². The average Bonchev–Trinajstić information content (AvgIpc) is 3.23. The van der Waals surface area contributed by atoms with E-state index in [4.69, 9.17) is 4.98 Å². The summed E-state index contributed by atoms with van der Waals surface area (Å²) < 4.78 is 1.81. The summed E-state index contributed by atoms with van der Waals surface area (Å²) in [6, 6.07) is 10.3. The van der Waals surface area contributed by atoms with Crippen molar-refractivity contribution in [3.8, 4) is 11.4 Å². The van der Waals surface area contributed by atoms with Crippen LogP contribution < -0.4 is 16.0 Å². The van der Waals surface area contributed by atoms with Gasteiger partial charge in [-0.05, 0) is 37.2 Å². The van der Waals surface area contributed by atoms with E-state index >= 15 is 0 Å². The van der Waals surface area contributed by atoms with Gasteiger partial charge in [0.05, 0.1) is 11.9 Å². The van der Waals surface area contributed by atoms with E-state index in [-0.39, 0.29) is 0 Å². The molecule has 1 aliphatic rings. The molecular weight excluding hydrogens is 290 g/mol. The predicted molar refractivity (Wildman–Crippen MR) is 90.7 cm³/mol.